The molecule has 1 saturated heterocycles. The number of unbranched alkanes of at least 4 members (excludes halogenated alkanes) is 1. The van der Waals surface area contributed by atoms with Crippen LogP contribution >= 0.6 is 0 Å². The van der Waals surface area contributed by atoms with E-state index in [4.69, 9.17) is 10.00 Å². The molecule has 2 aromatic rings. The molecule has 41 heavy (non-hydrogen) atoms. The van der Waals surface area contributed by atoms with Crippen LogP contribution in [0.1, 0.15) is 71.4 Å². The van der Waals surface area contributed by atoms with Crippen LogP contribution in [0.5, 0.6) is 0 Å². The lowest BCUT2D eigenvalue weighted by Gasteiger charge is -2.34. The maximum absolute atomic E-state index is 13.0. The van der Waals surface area contributed by atoms with Crippen LogP contribution in [-0.4, -0.2) is 68.9 Å². The van der Waals surface area contributed by atoms with Crippen LogP contribution in [-0.2, 0) is 9.53 Å². The molecule has 0 bridgehead atoms. The number of likely N-dealkylation sites (tertiary alicyclic amines) is 1. The Balaban J connectivity index is 1.57. The first-order valence-corrected chi connectivity index (χ1v) is 13.8. The predicted octanol–water partition coefficient (Wildman–Crippen LogP) is 3.92. The second kappa shape index (κ2) is 13.8. The SMILES string of the molecule is CCCNc1nc(Nc2ccc(C#N)cc2)ncc1C#CCCCNC(=O)[C@]1(C)C[C@@H](O)CN1C(=O)OC(C)(C)C. The lowest BCUT2D eigenvalue weighted by atomic mass is 9.97. The number of ether oxygens (including phenoxy) is 1. The van der Waals surface area contributed by atoms with E-state index in [1.807, 2.05) is 0 Å². The first-order chi connectivity index (χ1) is 19.4. The molecule has 2 amide bonds. The molecule has 2 atom stereocenters. The fourth-order valence-electron chi connectivity index (χ4n) is 4.25. The van der Waals surface area contributed by atoms with Gasteiger partial charge in [-0.3, -0.25) is 9.69 Å². The number of benzene rings is 1. The molecule has 1 fully saturated rings. The van der Waals surface area contributed by atoms with E-state index in [9.17, 15) is 14.7 Å². The molecule has 0 spiro atoms. The van der Waals surface area contributed by atoms with Gasteiger partial charge in [0.15, 0.2) is 0 Å². The third kappa shape index (κ3) is 8.82. The second-order valence-corrected chi connectivity index (χ2v) is 11.1. The molecule has 2 heterocycles. The number of anilines is 3. The average Bonchev–Trinajstić information content (AvgIpc) is 3.24. The summed E-state index contributed by atoms with van der Waals surface area (Å²) >= 11 is 0. The molecule has 11 nitrogen and oxygen atoms in total. The van der Waals surface area contributed by atoms with Crippen molar-refractivity contribution >= 4 is 29.5 Å². The van der Waals surface area contributed by atoms with E-state index in [0.29, 0.717) is 42.3 Å². The molecule has 218 valence electrons. The third-order valence-corrected chi connectivity index (χ3v) is 6.31. The van der Waals surface area contributed by atoms with E-state index < -0.39 is 23.3 Å². The van der Waals surface area contributed by atoms with E-state index in [1.165, 1.54) is 4.90 Å². The number of nitriles is 1. The van der Waals surface area contributed by atoms with Crippen LogP contribution in [0, 0.1) is 23.2 Å². The van der Waals surface area contributed by atoms with Crippen LogP contribution in [0.3, 0.4) is 0 Å². The number of aliphatic hydroxyl groups excluding tert-OH is 1. The Bertz CT molecular complexity index is 1320. The quantitative estimate of drug-likeness (QED) is 0.264. The number of nitrogens with one attached hydrogen (secondary N) is 3. The minimum absolute atomic E-state index is 0.0442. The van der Waals surface area contributed by atoms with Crippen molar-refractivity contribution in [2.24, 2.45) is 0 Å². The van der Waals surface area contributed by atoms with Crippen molar-refractivity contribution in [1.29, 1.82) is 5.26 Å². The fraction of sp³-hybridized carbons (Fsp3) is 0.500. The summed E-state index contributed by atoms with van der Waals surface area (Å²) in [6, 6.07) is 9.11. The van der Waals surface area contributed by atoms with E-state index in [1.54, 1.807) is 58.2 Å². The van der Waals surface area contributed by atoms with Gasteiger partial charge >= 0.3 is 6.09 Å². The van der Waals surface area contributed by atoms with E-state index in [-0.39, 0.29) is 18.9 Å². The van der Waals surface area contributed by atoms with Crippen molar-refractivity contribution in [3.05, 3.63) is 41.6 Å². The zero-order valence-electron chi connectivity index (χ0n) is 24.4. The molecular weight excluding hydrogens is 522 g/mol. The molecule has 1 aromatic heterocycles. The molecule has 0 radical (unpaired) electrons. The number of β-amino-alcohol motifs (C(OH)–C–C–N with tert-alkyl or cyclic N) is 1. The van der Waals surface area contributed by atoms with Gasteiger partial charge in [0, 0.05) is 31.6 Å². The Morgan fingerprint density at radius 1 is 1.24 bits per heavy atom. The van der Waals surface area contributed by atoms with Gasteiger partial charge in [-0.05, 0) is 64.8 Å². The Hall–Kier alpha value is -4.35. The summed E-state index contributed by atoms with van der Waals surface area (Å²) < 4.78 is 5.44. The minimum atomic E-state index is -1.20. The summed E-state index contributed by atoms with van der Waals surface area (Å²) in [4.78, 5) is 36.0. The monoisotopic (exact) mass is 561 g/mol. The summed E-state index contributed by atoms with van der Waals surface area (Å²) in [7, 11) is 0. The molecule has 0 unspecified atom stereocenters. The number of amides is 2. The maximum Gasteiger partial charge on any atom is 0.411 e. The highest BCUT2D eigenvalue weighted by Gasteiger charge is 2.50. The fourth-order valence-corrected chi connectivity index (χ4v) is 4.25. The minimum Gasteiger partial charge on any atom is -0.444 e. The Kier molecular flexibility index (Phi) is 10.5. The highest BCUT2D eigenvalue weighted by Crippen LogP contribution is 2.31. The van der Waals surface area contributed by atoms with Crippen LogP contribution < -0.4 is 16.0 Å². The van der Waals surface area contributed by atoms with Crippen molar-refractivity contribution in [1.82, 2.24) is 20.2 Å². The number of aliphatic hydroxyl groups is 1. The Morgan fingerprint density at radius 3 is 2.63 bits per heavy atom. The second-order valence-electron chi connectivity index (χ2n) is 11.1. The van der Waals surface area contributed by atoms with Gasteiger partial charge in [0.2, 0.25) is 11.9 Å². The number of carbonyl (C=O) groups excluding carboxylic acids is 2. The lowest BCUT2D eigenvalue weighted by molar-refractivity contribution is -0.131. The number of rotatable bonds is 9. The maximum atomic E-state index is 13.0. The molecule has 1 aliphatic heterocycles. The van der Waals surface area contributed by atoms with Crippen molar-refractivity contribution < 1.29 is 19.4 Å². The van der Waals surface area contributed by atoms with Gasteiger partial charge < -0.3 is 25.8 Å². The number of hydrogen-bond acceptors (Lipinski definition) is 9. The highest BCUT2D eigenvalue weighted by atomic mass is 16.6. The smallest absolute Gasteiger partial charge is 0.411 e. The summed E-state index contributed by atoms with van der Waals surface area (Å²) in [5.74, 6) is 6.92. The molecule has 0 saturated carbocycles. The number of aromatic nitrogens is 2. The topological polar surface area (TPSA) is 152 Å². The van der Waals surface area contributed by atoms with E-state index in [2.05, 4.69) is 50.8 Å². The van der Waals surface area contributed by atoms with Crippen molar-refractivity contribution in [2.45, 2.75) is 77.5 Å². The van der Waals surface area contributed by atoms with Gasteiger partial charge in [-0.25, -0.2) is 9.78 Å². The zero-order valence-corrected chi connectivity index (χ0v) is 24.4. The van der Waals surface area contributed by atoms with Gasteiger partial charge in [-0.15, -0.1) is 0 Å². The normalized spacial score (nSPS) is 18.1. The first-order valence-electron chi connectivity index (χ1n) is 13.8. The van der Waals surface area contributed by atoms with Crippen molar-refractivity contribution in [3.8, 4) is 17.9 Å². The summed E-state index contributed by atoms with van der Waals surface area (Å²) in [5, 5.41) is 28.5. The number of hydrogen-bond donors (Lipinski definition) is 4. The number of carbonyl (C=O) groups is 2. The van der Waals surface area contributed by atoms with E-state index >= 15 is 0 Å². The lowest BCUT2D eigenvalue weighted by Crippen LogP contribution is -2.56. The van der Waals surface area contributed by atoms with Gasteiger partial charge in [-0.2, -0.15) is 10.2 Å². The molecule has 4 N–H and O–H groups in total. The summed E-state index contributed by atoms with van der Waals surface area (Å²) in [5.41, 5.74) is 0.0913. The first kappa shape index (κ1) is 31.2. The largest absolute Gasteiger partial charge is 0.444 e. The molecule has 0 aliphatic carbocycles. The van der Waals surface area contributed by atoms with Crippen molar-refractivity contribution in [2.75, 3.05) is 30.3 Å². The molecule has 1 aliphatic rings. The molecular formula is C30H39N7O4. The van der Waals surface area contributed by atoms with Gasteiger partial charge in [0.1, 0.15) is 17.0 Å². The van der Waals surface area contributed by atoms with Gasteiger partial charge in [0.25, 0.3) is 0 Å². The highest BCUT2D eigenvalue weighted by molar-refractivity contribution is 5.90. The van der Waals surface area contributed by atoms with Crippen molar-refractivity contribution in [3.63, 3.8) is 0 Å². The predicted molar refractivity (Wildman–Crippen MR) is 156 cm³/mol. The summed E-state index contributed by atoms with van der Waals surface area (Å²) in [6.45, 7) is 10.1. The Labute approximate surface area is 241 Å². The van der Waals surface area contributed by atoms with Gasteiger partial charge in [-0.1, -0.05) is 18.8 Å². The Morgan fingerprint density at radius 2 is 1.98 bits per heavy atom. The number of nitrogens with zero attached hydrogens (tertiary/aromatic N) is 4. The summed E-state index contributed by atoms with van der Waals surface area (Å²) in [6.07, 6.45) is 2.41. The molecule has 11 heteroatoms. The van der Waals surface area contributed by atoms with Crippen LogP contribution in [0.25, 0.3) is 0 Å². The molecule has 3 rings (SSSR count). The van der Waals surface area contributed by atoms with Crippen LogP contribution in [0.4, 0.5) is 22.2 Å². The van der Waals surface area contributed by atoms with E-state index in [0.717, 1.165) is 18.7 Å². The third-order valence-electron chi connectivity index (χ3n) is 6.31. The van der Waals surface area contributed by atoms with Crippen LogP contribution in [0.15, 0.2) is 30.5 Å². The van der Waals surface area contributed by atoms with Crippen LogP contribution in [0.2, 0.25) is 0 Å². The standard InChI is InChI=1S/C30H39N7O4/c1-6-15-32-25-22(19-34-27(36-25)35-23-13-11-21(18-31)12-14-23)10-8-7-9-16-33-26(39)30(5)17-24(38)20-37(30)28(40)41-29(2,3)4/h11-14,19,24,38H,6-7,9,15-17,20H2,1-5H3,(H,33,39)(H2,32,34,35,36)/t24-,30+/m1/s1. The van der Waals surface area contributed by atoms with Gasteiger partial charge in [0.05, 0.1) is 36.0 Å². The molecule has 1 aromatic carbocycles. The zero-order chi connectivity index (χ0) is 30.0. The average molecular weight is 562 g/mol.